The molecule has 1 rings (SSSR count). The molecule has 1 aromatic rings. The number of methoxy groups -OCH3 is 1. The summed E-state index contributed by atoms with van der Waals surface area (Å²) in [4.78, 5) is 19.6. The second kappa shape index (κ2) is 6.77. The molecule has 0 aliphatic carbocycles. The molecule has 7 nitrogen and oxygen atoms in total. The van der Waals surface area contributed by atoms with E-state index in [9.17, 15) is 4.79 Å². The van der Waals surface area contributed by atoms with E-state index >= 15 is 0 Å². The fourth-order valence-corrected chi connectivity index (χ4v) is 1.52. The maximum Gasteiger partial charge on any atom is 0.328 e. The number of rotatable bonds is 6. The van der Waals surface area contributed by atoms with Crippen LogP contribution in [-0.2, 0) is 9.53 Å². The summed E-state index contributed by atoms with van der Waals surface area (Å²) in [6.07, 6.45) is 1.33. The van der Waals surface area contributed by atoms with Gasteiger partial charge in [-0.3, -0.25) is 0 Å². The van der Waals surface area contributed by atoms with E-state index in [-0.39, 0.29) is 17.6 Å². The Kier molecular flexibility index (Phi) is 5.35. The lowest BCUT2D eigenvalue weighted by Crippen LogP contribution is -2.36. The van der Waals surface area contributed by atoms with Gasteiger partial charge in [0.25, 0.3) is 0 Å². The fraction of sp³-hybridized carbons (Fsp3) is 0.583. The Morgan fingerprint density at radius 2 is 2.16 bits per heavy atom. The lowest BCUT2D eigenvalue weighted by molar-refractivity contribution is -0.142. The molecule has 1 heterocycles. The maximum absolute atomic E-state index is 11.7. The molecule has 0 aliphatic heterocycles. The van der Waals surface area contributed by atoms with Gasteiger partial charge in [0.05, 0.1) is 13.7 Å². The number of ether oxygens (including phenoxy) is 2. The molecule has 0 saturated carbocycles. The van der Waals surface area contributed by atoms with E-state index in [0.29, 0.717) is 18.3 Å². The summed E-state index contributed by atoms with van der Waals surface area (Å²) >= 11 is 0. The molecule has 0 spiro atoms. The van der Waals surface area contributed by atoms with Crippen molar-refractivity contribution in [1.82, 2.24) is 9.97 Å². The van der Waals surface area contributed by atoms with E-state index in [1.165, 1.54) is 13.4 Å². The largest absolute Gasteiger partial charge is 0.476 e. The first-order valence-electron chi connectivity index (χ1n) is 6.08. The van der Waals surface area contributed by atoms with Gasteiger partial charge in [-0.05, 0) is 12.8 Å². The van der Waals surface area contributed by atoms with Crippen molar-refractivity contribution in [2.75, 3.05) is 24.8 Å². The van der Waals surface area contributed by atoms with Crippen LogP contribution in [0.25, 0.3) is 0 Å². The van der Waals surface area contributed by atoms with Gasteiger partial charge in [0, 0.05) is 0 Å². The summed E-state index contributed by atoms with van der Waals surface area (Å²) in [7, 11) is 1.34. The van der Waals surface area contributed by atoms with Crippen LogP contribution in [0.1, 0.15) is 20.8 Å². The van der Waals surface area contributed by atoms with Crippen LogP contribution in [0.3, 0.4) is 0 Å². The predicted molar refractivity (Wildman–Crippen MR) is 71.9 cm³/mol. The zero-order valence-electron chi connectivity index (χ0n) is 11.6. The number of hydrogen-bond acceptors (Lipinski definition) is 7. The number of carbonyl (C=O) groups is 1. The van der Waals surface area contributed by atoms with Gasteiger partial charge in [0.1, 0.15) is 18.1 Å². The van der Waals surface area contributed by atoms with Gasteiger partial charge < -0.3 is 20.5 Å². The first-order chi connectivity index (χ1) is 9.01. The highest BCUT2D eigenvalue weighted by Gasteiger charge is 2.24. The highest BCUT2D eigenvalue weighted by atomic mass is 16.5. The maximum atomic E-state index is 11.7. The first-order valence-corrected chi connectivity index (χ1v) is 6.08. The molecule has 0 aromatic carbocycles. The summed E-state index contributed by atoms with van der Waals surface area (Å²) in [5.41, 5.74) is 6.17. The topological polar surface area (TPSA) is 99.4 Å². The van der Waals surface area contributed by atoms with Crippen LogP contribution in [0.4, 0.5) is 11.5 Å². The Labute approximate surface area is 112 Å². The predicted octanol–water partition coefficient (Wildman–Crippen LogP) is 1.07. The van der Waals surface area contributed by atoms with Gasteiger partial charge in [0.15, 0.2) is 5.82 Å². The Bertz CT molecular complexity index is 437. The number of nitrogens with zero attached hydrogens (tertiary/aromatic N) is 2. The van der Waals surface area contributed by atoms with Crippen molar-refractivity contribution in [3.8, 4) is 5.88 Å². The minimum absolute atomic E-state index is 0.0253. The lowest BCUT2D eigenvalue weighted by Gasteiger charge is -2.21. The van der Waals surface area contributed by atoms with Gasteiger partial charge in [-0.15, -0.1) is 0 Å². The second-order valence-electron chi connectivity index (χ2n) is 4.26. The molecule has 0 radical (unpaired) electrons. The van der Waals surface area contributed by atoms with E-state index in [1.807, 2.05) is 20.8 Å². The van der Waals surface area contributed by atoms with Crippen molar-refractivity contribution in [2.24, 2.45) is 5.92 Å². The molecule has 0 bridgehead atoms. The average molecular weight is 268 g/mol. The summed E-state index contributed by atoms with van der Waals surface area (Å²) < 4.78 is 10.0. The third-order valence-electron chi connectivity index (χ3n) is 2.54. The van der Waals surface area contributed by atoms with E-state index in [1.54, 1.807) is 0 Å². The Balaban J connectivity index is 2.96. The van der Waals surface area contributed by atoms with Crippen molar-refractivity contribution in [3.05, 3.63) is 6.33 Å². The number of nitrogen functional groups attached to an aromatic ring is 1. The van der Waals surface area contributed by atoms with Crippen LogP contribution >= 0.6 is 0 Å². The molecule has 3 N–H and O–H groups in total. The standard InChI is InChI=1S/C12H20N4O3/c1-5-19-11-8(13)10(14-6-15-11)16-9(7(2)3)12(17)18-4/h6-7,9H,5,13H2,1-4H3,(H,14,15,16). The van der Waals surface area contributed by atoms with Crippen LogP contribution < -0.4 is 15.8 Å². The third-order valence-corrected chi connectivity index (χ3v) is 2.54. The molecule has 106 valence electrons. The van der Waals surface area contributed by atoms with E-state index < -0.39 is 6.04 Å². The van der Waals surface area contributed by atoms with Gasteiger partial charge in [-0.2, -0.15) is 4.98 Å². The molecule has 0 saturated heterocycles. The number of anilines is 2. The van der Waals surface area contributed by atoms with E-state index in [4.69, 9.17) is 15.2 Å². The molecule has 1 aromatic heterocycles. The highest BCUT2D eigenvalue weighted by Crippen LogP contribution is 2.26. The molecule has 0 fully saturated rings. The van der Waals surface area contributed by atoms with E-state index in [2.05, 4.69) is 15.3 Å². The van der Waals surface area contributed by atoms with Crippen molar-refractivity contribution < 1.29 is 14.3 Å². The summed E-state index contributed by atoms with van der Waals surface area (Å²) in [6.45, 7) is 6.08. The third kappa shape index (κ3) is 3.70. The van der Waals surface area contributed by atoms with Crippen LogP contribution in [-0.4, -0.2) is 35.7 Å². The Morgan fingerprint density at radius 1 is 1.47 bits per heavy atom. The average Bonchev–Trinajstić information content (AvgIpc) is 2.38. The zero-order valence-corrected chi connectivity index (χ0v) is 11.6. The lowest BCUT2D eigenvalue weighted by atomic mass is 10.0. The molecule has 19 heavy (non-hydrogen) atoms. The smallest absolute Gasteiger partial charge is 0.328 e. The number of aromatic nitrogens is 2. The molecule has 7 heteroatoms. The Hall–Kier alpha value is -2.05. The highest BCUT2D eigenvalue weighted by molar-refractivity contribution is 5.81. The number of hydrogen-bond donors (Lipinski definition) is 2. The normalized spacial score (nSPS) is 12.1. The number of esters is 1. The van der Waals surface area contributed by atoms with Crippen molar-refractivity contribution in [3.63, 3.8) is 0 Å². The van der Waals surface area contributed by atoms with Crippen LogP contribution in [0, 0.1) is 5.92 Å². The first kappa shape index (κ1) is 15.0. The van der Waals surface area contributed by atoms with Crippen LogP contribution in [0.15, 0.2) is 6.33 Å². The minimum Gasteiger partial charge on any atom is -0.476 e. The fourth-order valence-electron chi connectivity index (χ4n) is 1.52. The summed E-state index contributed by atoms with van der Waals surface area (Å²) in [6, 6.07) is -0.531. The quantitative estimate of drug-likeness (QED) is 0.744. The van der Waals surface area contributed by atoms with Crippen molar-refractivity contribution in [2.45, 2.75) is 26.8 Å². The molecule has 1 unspecified atom stereocenters. The summed E-state index contributed by atoms with van der Waals surface area (Å²) in [5, 5.41) is 2.97. The van der Waals surface area contributed by atoms with Crippen LogP contribution in [0.2, 0.25) is 0 Å². The van der Waals surface area contributed by atoms with Crippen molar-refractivity contribution in [1.29, 1.82) is 0 Å². The van der Waals surface area contributed by atoms with Gasteiger partial charge >= 0.3 is 5.97 Å². The zero-order chi connectivity index (χ0) is 14.4. The second-order valence-corrected chi connectivity index (χ2v) is 4.26. The molecular weight excluding hydrogens is 248 g/mol. The number of carbonyl (C=O) groups excluding carboxylic acids is 1. The number of nitrogens with two attached hydrogens (primary N) is 1. The molecule has 0 amide bonds. The van der Waals surface area contributed by atoms with Gasteiger partial charge in [-0.25, -0.2) is 9.78 Å². The van der Waals surface area contributed by atoms with Crippen LogP contribution in [0.5, 0.6) is 5.88 Å². The minimum atomic E-state index is -0.531. The SMILES string of the molecule is CCOc1ncnc(NC(C(=O)OC)C(C)C)c1N. The summed E-state index contributed by atoms with van der Waals surface area (Å²) in [5.74, 6) is 0.318. The number of nitrogens with one attached hydrogen (secondary N) is 1. The monoisotopic (exact) mass is 268 g/mol. The van der Waals surface area contributed by atoms with E-state index in [0.717, 1.165) is 0 Å². The molecular formula is C12H20N4O3. The van der Waals surface area contributed by atoms with Gasteiger partial charge in [0.2, 0.25) is 5.88 Å². The van der Waals surface area contributed by atoms with Crippen molar-refractivity contribution >= 4 is 17.5 Å². The van der Waals surface area contributed by atoms with Gasteiger partial charge in [-0.1, -0.05) is 13.8 Å². The Morgan fingerprint density at radius 3 is 2.68 bits per heavy atom. The molecule has 1 atom stereocenters. The molecule has 0 aliphatic rings.